The molecule has 9 rings (SSSR count). The second-order valence-corrected chi connectivity index (χ2v) is 13.2. The highest BCUT2D eigenvalue weighted by atomic mass is 15.0. The molecule has 0 aliphatic rings. The number of aromatic nitrogens is 3. The SMILES string of the molecule is N#Cc1ccc(-c2ccc(-c3nc(-c4ccccc4)nc(-c4ccc5cc(-c6cccc(-c7ccccc7)c6-c6ccccc6)ccc5c4)n3)cc2)cc1. The zero-order valence-electron chi connectivity index (χ0n) is 29.3. The smallest absolute Gasteiger partial charge is 0.164 e. The summed E-state index contributed by atoms with van der Waals surface area (Å²) in [5.74, 6) is 1.84. The van der Waals surface area contributed by atoms with E-state index in [1.807, 2.05) is 66.7 Å². The molecule has 0 atom stereocenters. The minimum absolute atomic E-state index is 0.604. The quantitative estimate of drug-likeness (QED) is 0.167. The van der Waals surface area contributed by atoms with Crippen LogP contribution in [0.3, 0.4) is 0 Å². The zero-order chi connectivity index (χ0) is 36.3. The molecule has 0 saturated heterocycles. The van der Waals surface area contributed by atoms with Crippen molar-refractivity contribution in [2.24, 2.45) is 0 Å². The first-order valence-electron chi connectivity index (χ1n) is 17.9. The fraction of sp³-hybridized carbons (Fsp3) is 0. The summed E-state index contributed by atoms with van der Waals surface area (Å²) in [6.45, 7) is 0. The summed E-state index contributed by atoms with van der Waals surface area (Å²) >= 11 is 0. The van der Waals surface area contributed by atoms with Crippen LogP contribution < -0.4 is 0 Å². The minimum Gasteiger partial charge on any atom is -0.208 e. The lowest BCUT2D eigenvalue weighted by atomic mass is 9.87. The van der Waals surface area contributed by atoms with Crippen molar-refractivity contribution in [2.45, 2.75) is 0 Å². The van der Waals surface area contributed by atoms with Crippen LogP contribution in [0.25, 0.3) is 89.4 Å². The molecule has 4 heteroatoms. The zero-order valence-corrected chi connectivity index (χ0v) is 29.3. The Morgan fingerprint density at radius 1 is 0.315 bits per heavy atom. The van der Waals surface area contributed by atoms with Crippen LogP contribution in [0.1, 0.15) is 5.56 Å². The number of hydrogen-bond donors (Lipinski definition) is 0. The van der Waals surface area contributed by atoms with E-state index in [-0.39, 0.29) is 0 Å². The normalized spacial score (nSPS) is 10.9. The third-order valence-electron chi connectivity index (χ3n) is 9.78. The molecule has 1 heterocycles. The average Bonchev–Trinajstić information content (AvgIpc) is 3.26. The molecule has 0 saturated carbocycles. The monoisotopic (exact) mass is 688 g/mol. The van der Waals surface area contributed by atoms with Gasteiger partial charge in [0.25, 0.3) is 0 Å². The van der Waals surface area contributed by atoms with Crippen LogP contribution in [0.4, 0.5) is 0 Å². The van der Waals surface area contributed by atoms with E-state index in [4.69, 9.17) is 15.0 Å². The van der Waals surface area contributed by atoms with Gasteiger partial charge in [0.15, 0.2) is 17.5 Å². The Hall–Kier alpha value is -7.48. The Balaban J connectivity index is 1.11. The Morgan fingerprint density at radius 2 is 0.722 bits per heavy atom. The van der Waals surface area contributed by atoms with E-state index >= 15 is 0 Å². The molecule has 0 fully saturated rings. The molecule has 4 nitrogen and oxygen atoms in total. The molecule has 252 valence electrons. The van der Waals surface area contributed by atoms with Crippen molar-refractivity contribution in [3.63, 3.8) is 0 Å². The van der Waals surface area contributed by atoms with Gasteiger partial charge in [-0.1, -0.05) is 170 Å². The number of fused-ring (bicyclic) bond motifs is 1. The lowest BCUT2D eigenvalue weighted by Gasteiger charge is -2.17. The molecule has 0 aliphatic heterocycles. The van der Waals surface area contributed by atoms with Crippen LogP contribution in [0.5, 0.6) is 0 Å². The molecule has 0 spiro atoms. The van der Waals surface area contributed by atoms with Gasteiger partial charge in [-0.2, -0.15) is 5.26 Å². The Bertz CT molecular complexity index is 2790. The van der Waals surface area contributed by atoms with Gasteiger partial charge >= 0.3 is 0 Å². The molecule has 54 heavy (non-hydrogen) atoms. The Morgan fingerprint density at radius 3 is 1.30 bits per heavy atom. The van der Waals surface area contributed by atoms with Gasteiger partial charge in [0, 0.05) is 16.7 Å². The van der Waals surface area contributed by atoms with Crippen LogP contribution >= 0.6 is 0 Å². The van der Waals surface area contributed by atoms with Gasteiger partial charge in [-0.25, -0.2) is 15.0 Å². The van der Waals surface area contributed by atoms with Crippen LogP contribution in [-0.4, -0.2) is 15.0 Å². The molecule has 0 unspecified atom stereocenters. The van der Waals surface area contributed by atoms with Gasteiger partial charge in [-0.05, 0) is 79.5 Å². The van der Waals surface area contributed by atoms with Crippen molar-refractivity contribution in [1.82, 2.24) is 15.0 Å². The first-order chi connectivity index (χ1) is 26.7. The maximum atomic E-state index is 9.19. The third kappa shape index (κ3) is 6.43. The highest BCUT2D eigenvalue weighted by Gasteiger charge is 2.16. The summed E-state index contributed by atoms with van der Waals surface area (Å²) in [6, 6.07) is 69.0. The number of hydrogen-bond acceptors (Lipinski definition) is 4. The summed E-state index contributed by atoms with van der Waals surface area (Å²) in [6.07, 6.45) is 0. The number of benzene rings is 8. The predicted molar refractivity (Wildman–Crippen MR) is 220 cm³/mol. The van der Waals surface area contributed by atoms with Crippen LogP contribution in [0.2, 0.25) is 0 Å². The Kier molecular flexibility index (Phi) is 8.57. The largest absolute Gasteiger partial charge is 0.208 e. The van der Waals surface area contributed by atoms with Gasteiger partial charge in [0.2, 0.25) is 0 Å². The van der Waals surface area contributed by atoms with Crippen molar-refractivity contribution in [1.29, 1.82) is 5.26 Å². The maximum Gasteiger partial charge on any atom is 0.164 e. The van der Waals surface area contributed by atoms with Gasteiger partial charge in [0.05, 0.1) is 11.6 Å². The second-order valence-electron chi connectivity index (χ2n) is 13.2. The highest BCUT2D eigenvalue weighted by Crippen LogP contribution is 2.41. The van der Waals surface area contributed by atoms with Crippen LogP contribution in [0.15, 0.2) is 194 Å². The van der Waals surface area contributed by atoms with Gasteiger partial charge in [-0.15, -0.1) is 0 Å². The molecular weight excluding hydrogens is 657 g/mol. The standard InChI is InChI=1S/C50H32N4/c51-33-34-19-21-35(22-20-34)36-23-25-40(26-24-36)49-52-48(39-15-8-3-9-16-39)53-50(54-49)44-30-28-41-31-43(29-27-42(41)32-44)46-18-10-17-45(37-11-4-1-5-12-37)47(46)38-13-6-2-7-14-38/h1-32H. The van der Waals surface area contributed by atoms with E-state index in [2.05, 4.69) is 133 Å². The van der Waals surface area contributed by atoms with Crippen molar-refractivity contribution >= 4 is 10.8 Å². The average molecular weight is 689 g/mol. The van der Waals surface area contributed by atoms with Crippen LogP contribution in [-0.2, 0) is 0 Å². The molecule has 0 amide bonds. The molecule has 0 aliphatic carbocycles. The van der Waals surface area contributed by atoms with E-state index in [0.29, 0.717) is 23.0 Å². The molecule has 0 radical (unpaired) electrons. The summed E-state index contributed by atoms with van der Waals surface area (Å²) in [7, 11) is 0. The third-order valence-corrected chi connectivity index (χ3v) is 9.78. The van der Waals surface area contributed by atoms with Gasteiger partial charge in [0.1, 0.15) is 0 Å². The fourth-order valence-corrected chi connectivity index (χ4v) is 7.02. The second kappa shape index (κ2) is 14.3. The lowest BCUT2D eigenvalue weighted by molar-refractivity contribution is 1.07. The van der Waals surface area contributed by atoms with E-state index in [1.165, 1.54) is 27.8 Å². The first kappa shape index (κ1) is 32.4. The Labute approximate surface area is 314 Å². The van der Waals surface area contributed by atoms with Crippen LogP contribution in [0, 0.1) is 11.3 Å². The molecule has 8 aromatic carbocycles. The summed E-state index contributed by atoms with van der Waals surface area (Å²) in [4.78, 5) is 14.9. The van der Waals surface area contributed by atoms with Crippen molar-refractivity contribution < 1.29 is 0 Å². The predicted octanol–water partition coefficient (Wildman–Crippen LogP) is 12.6. The number of nitriles is 1. The first-order valence-corrected chi connectivity index (χ1v) is 17.9. The molecule has 9 aromatic rings. The molecule has 0 N–H and O–H groups in total. The van der Waals surface area contributed by atoms with Gasteiger partial charge in [-0.3, -0.25) is 0 Å². The highest BCUT2D eigenvalue weighted by molar-refractivity contribution is 5.97. The van der Waals surface area contributed by atoms with E-state index in [1.54, 1.807) is 0 Å². The maximum absolute atomic E-state index is 9.19. The summed E-state index contributed by atoms with van der Waals surface area (Å²) in [5, 5.41) is 11.4. The van der Waals surface area contributed by atoms with Crippen molar-refractivity contribution in [3.05, 3.63) is 200 Å². The minimum atomic E-state index is 0.604. The van der Waals surface area contributed by atoms with E-state index in [9.17, 15) is 5.26 Å². The van der Waals surface area contributed by atoms with Crippen molar-refractivity contribution in [2.75, 3.05) is 0 Å². The van der Waals surface area contributed by atoms with Crippen molar-refractivity contribution in [3.8, 4) is 84.7 Å². The number of nitrogens with zero attached hydrogens (tertiary/aromatic N) is 4. The summed E-state index contributed by atoms with van der Waals surface area (Å²) in [5.41, 5.74) is 12.6. The number of rotatable bonds is 7. The lowest BCUT2D eigenvalue weighted by Crippen LogP contribution is -2.00. The summed E-state index contributed by atoms with van der Waals surface area (Å²) < 4.78 is 0. The van der Waals surface area contributed by atoms with E-state index in [0.717, 1.165) is 44.2 Å². The molecule has 1 aromatic heterocycles. The van der Waals surface area contributed by atoms with Gasteiger partial charge < -0.3 is 0 Å². The topological polar surface area (TPSA) is 62.5 Å². The molecular formula is C50H32N4. The fourth-order valence-electron chi connectivity index (χ4n) is 7.02. The molecule has 0 bridgehead atoms. The van der Waals surface area contributed by atoms with E-state index < -0.39 is 0 Å².